The topological polar surface area (TPSA) is 83.7 Å². The first-order valence-corrected chi connectivity index (χ1v) is 9.88. The fraction of sp³-hybridized carbons (Fsp3) is 0.500. The summed E-state index contributed by atoms with van der Waals surface area (Å²) in [7, 11) is 1.82. The first-order valence-electron chi connectivity index (χ1n) is 9.50. The highest BCUT2D eigenvalue weighted by Crippen LogP contribution is 2.24. The van der Waals surface area contributed by atoms with E-state index in [4.69, 9.17) is 16.3 Å². The maximum Gasteiger partial charge on any atom is 0.191 e. The minimum Gasteiger partial charge on any atom is -0.487 e. The van der Waals surface area contributed by atoms with Gasteiger partial charge >= 0.3 is 0 Å². The van der Waals surface area contributed by atoms with Gasteiger partial charge in [-0.25, -0.2) is 4.99 Å². The lowest BCUT2D eigenvalue weighted by atomic mass is 10.0. The van der Waals surface area contributed by atoms with Crippen molar-refractivity contribution in [2.75, 3.05) is 19.6 Å². The number of aliphatic imine (C=N–C) groups is 1. The standard InChI is InChI=1S/C20H30ClN5O2.HI/c1-5-16(28-18-10-8-7-9-17(18)21)12-23-19(22-6-2)24-14-20(3,27)15-11-25-26(4)13-15;/h7-11,13,16,27H,5-6,12,14H2,1-4H3,(H2,22,23,24);1H. The van der Waals surface area contributed by atoms with Crippen LogP contribution in [0.25, 0.3) is 0 Å². The molecule has 2 atom stereocenters. The number of aliphatic hydroxyl groups is 1. The average Bonchev–Trinajstić information content (AvgIpc) is 3.11. The zero-order chi connectivity index (χ0) is 20.6. The normalized spacial score (nSPS) is 14.5. The third-order valence-electron chi connectivity index (χ3n) is 4.30. The Kier molecular flexibility index (Phi) is 10.8. The Balaban J connectivity index is 0.00000420. The van der Waals surface area contributed by atoms with Crippen LogP contribution in [0.2, 0.25) is 5.02 Å². The number of hydrogen-bond donors (Lipinski definition) is 3. The van der Waals surface area contributed by atoms with Gasteiger partial charge in [-0.2, -0.15) is 5.10 Å². The number of hydrogen-bond acceptors (Lipinski definition) is 4. The SMILES string of the molecule is CCNC(=NCC(C)(O)c1cnn(C)c1)NCC(CC)Oc1ccccc1Cl.I. The number of ether oxygens (including phenoxy) is 1. The molecule has 1 aromatic heterocycles. The van der Waals surface area contributed by atoms with Crippen molar-refractivity contribution in [3.63, 3.8) is 0 Å². The van der Waals surface area contributed by atoms with E-state index in [1.54, 1.807) is 24.0 Å². The van der Waals surface area contributed by atoms with E-state index in [0.29, 0.717) is 29.8 Å². The van der Waals surface area contributed by atoms with E-state index in [9.17, 15) is 5.11 Å². The molecule has 0 aliphatic carbocycles. The highest BCUT2D eigenvalue weighted by molar-refractivity contribution is 14.0. The molecule has 9 heteroatoms. The van der Waals surface area contributed by atoms with Crippen LogP contribution >= 0.6 is 35.6 Å². The molecule has 0 aliphatic heterocycles. The Hall–Kier alpha value is -1.52. The number of halogens is 2. The maximum atomic E-state index is 10.7. The second-order valence-electron chi connectivity index (χ2n) is 6.83. The molecule has 7 nitrogen and oxygen atoms in total. The molecule has 162 valence electrons. The van der Waals surface area contributed by atoms with Gasteiger partial charge in [-0.1, -0.05) is 30.7 Å². The highest BCUT2D eigenvalue weighted by atomic mass is 127. The largest absolute Gasteiger partial charge is 0.487 e. The molecule has 0 saturated heterocycles. The van der Waals surface area contributed by atoms with E-state index >= 15 is 0 Å². The quantitative estimate of drug-likeness (QED) is 0.261. The van der Waals surface area contributed by atoms with Gasteiger partial charge < -0.3 is 20.5 Å². The summed E-state index contributed by atoms with van der Waals surface area (Å²) in [5.41, 5.74) is -0.377. The molecule has 0 bridgehead atoms. The van der Waals surface area contributed by atoms with Crippen LogP contribution in [0.15, 0.2) is 41.7 Å². The summed E-state index contributed by atoms with van der Waals surface area (Å²) in [6, 6.07) is 7.43. The first-order chi connectivity index (χ1) is 13.4. The van der Waals surface area contributed by atoms with Crippen LogP contribution in [0, 0.1) is 0 Å². The smallest absolute Gasteiger partial charge is 0.191 e. The molecule has 0 aliphatic rings. The van der Waals surface area contributed by atoms with Crippen molar-refractivity contribution in [3.8, 4) is 5.75 Å². The molecular formula is C20H31ClIN5O2. The number of aryl methyl sites for hydroxylation is 1. The number of rotatable bonds is 9. The van der Waals surface area contributed by atoms with Crippen LogP contribution in [0.3, 0.4) is 0 Å². The van der Waals surface area contributed by atoms with Crippen LogP contribution in [0.4, 0.5) is 0 Å². The predicted octanol–water partition coefficient (Wildman–Crippen LogP) is 3.31. The van der Waals surface area contributed by atoms with Crippen molar-refractivity contribution in [1.29, 1.82) is 0 Å². The van der Waals surface area contributed by atoms with Crippen LogP contribution in [-0.2, 0) is 12.6 Å². The number of para-hydroxylation sites is 1. The van der Waals surface area contributed by atoms with Crippen LogP contribution in [-0.4, -0.2) is 46.6 Å². The van der Waals surface area contributed by atoms with E-state index in [-0.39, 0.29) is 36.6 Å². The van der Waals surface area contributed by atoms with Gasteiger partial charge in [0.25, 0.3) is 0 Å². The third kappa shape index (κ3) is 8.02. The molecule has 2 aromatic rings. The summed E-state index contributed by atoms with van der Waals surface area (Å²) in [6.45, 7) is 7.25. The predicted molar refractivity (Wildman–Crippen MR) is 128 cm³/mol. The zero-order valence-electron chi connectivity index (χ0n) is 17.4. The zero-order valence-corrected chi connectivity index (χ0v) is 20.4. The van der Waals surface area contributed by atoms with Gasteiger partial charge in [0.1, 0.15) is 17.5 Å². The lowest BCUT2D eigenvalue weighted by Gasteiger charge is -2.22. The van der Waals surface area contributed by atoms with Gasteiger partial charge in [-0.3, -0.25) is 4.68 Å². The summed E-state index contributed by atoms with van der Waals surface area (Å²) in [4.78, 5) is 4.53. The maximum absolute atomic E-state index is 10.7. The number of nitrogens with one attached hydrogen (secondary N) is 2. The molecule has 3 N–H and O–H groups in total. The van der Waals surface area contributed by atoms with Crippen molar-refractivity contribution in [1.82, 2.24) is 20.4 Å². The number of aromatic nitrogens is 2. The summed E-state index contributed by atoms with van der Waals surface area (Å²) >= 11 is 6.18. The van der Waals surface area contributed by atoms with Crippen molar-refractivity contribution >= 4 is 41.5 Å². The Morgan fingerprint density at radius 2 is 2.07 bits per heavy atom. The molecule has 2 rings (SSSR count). The number of nitrogens with zero attached hydrogens (tertiary/aromatic N) is 3. The molecule has 2 unspecified atom stereocenters. The molecule has 1 heterocycles. The van der Waals surface area contributed by atoms with Gasteiger partial charge in [0.05, 0.1) is 24.3 Å². The van der Waals surface area contributed by atoms with Crippen LogP contribution < -0.4 is 15.4 Å². The van der Waals surface area contributed by atoms with Gasteiger partial charge in [0.15, 0.2) is 5.96 Å². The van der Waals surface area contributed by atoms with Crippen molar-refractivity contribution in [3.05, 3.63) is 47.2 Å². The lowest BCUT2D eigenvalue weighted by molar-refractivity contribution is 0.0671. The first kappa shape index (κ1) is 25.5. The molecular weight excluding hydrogens is 505 g/mol. The third-order valence-corrected chi connectivity index (χ3v) is 4.61. The summed E-state index contributed by atoms with van der Waals surface area (Å²) in [5.74, 6) is 1.28. The Morgan fingerprint density at radius 3 is 2.66 bits per heavy atom. The second kappa shape index (κ2) is 12.2. The van der Waals surface area contributed by atoms with Gasteiger partial charge in [0.2, 0.25) is 0 Å². The minimum atomic E-state index is -1.10. The fourth-order valence-electron chi connectivity index (χ4n) is 2.57. The Bertz CT molecular complexity index is 782. The van der Waals surface area contributed by atoms with E-state index < -0.39 is 5.60 Å². The average molecular weight is 536 g/mol. The van der Waals surface area contributed by atoms with Crippen LogP contribution in [0.5, 0.6) is 5.75 Å². The van der Waals surface area contributed by atoms with Crippen molar-refractivity contribution in [2.24, 2.45) is 12.0 Å². The van der Waals surface area contributed by atoms with E-state index in [2.05, 4.69) is 27.6 Å². The lowest BCUT2D eigenvalue weighted by Crippen LogP contribution is -2.43. The van der Waals surface area contributed by atoms with Gasteiger partial charge in [0, 0.05) is 25.4 Å². The Labute approximate surface area is 194 Å². The monoisotopic (exact) mass is 535 g/mol. The van der Waals surface area contributed by atoms with E-state index in [0.717, 1.165) is 12.0 Å². The molecule has 29 heavy (non-hydrogen) atoms. The molecule has 0 fully saturated rings. The number of benzene rings is 1. The van der Waals surface area contributed by atoms with Crippen molar-refractivity contribution in [2.45, 2.75) is 38.9 Å². The Morgan fingerprint density at radius 1 is 1.34 bits per heavy atom. The summed E-state index contributed by atoms with van der Waals surface area (Å²) in [6.07, 6.45) is 4.19. The van der Waals surface area contributed by atoms with E-state index in [1.165, 1.54) is 0 Å². The minimum absolute atomic E-state index is 0. The van der Waals surface area contributed by atoms with Crippen LogP contribution in [0.1, 0.15) is 32.8 Å². The van der Waals surface area contributed by atoms with Crippen molar-refractivity contribution < 1.29 is 9.84 Å². The molecule has 0 spiro atoms. The van der Waals surface area contributed by atoms with Gasteiger partial charge in [-0.15, -0.1) is 24.0 Å². The fourth-order valence-corrected chi connectivity index (χ4v) is 2.75. The van der Waals surface area contributed by atoms with E-state index in [1.807, 2.05) is 38.2 Å². The second-order valence-corrected chi connectivity index (χ2v) is 7.24. The summed E-state index contributed by atoms with van der Waals surface area (Å²) < 4.78 is 7.66. The number of guanidine groups is 1. The molecule has 0 radical (unpaired) electrons. The highest BCUT2D eigenvalue weighted by Gasteiger charge is 2.24. The molecule has 1 aromatic carbocycles. The van der Waals surface area contributed by atoms with Gasteiger partial charge in [-0.05, 0) is 32.4 Å². The molecule has 0 amide bonds. The molecule has 0 saturated carbocycles. The summed E-state index contributed by atoms with van der Waals surface area (Å²) in [5, 5.41) is 21.9.